The summed E-state index contributed by atoms with van der Waals surface area (Å²) in [6, 6.07) is 6.71. The fourth-order valence-corrected chi connectivity index (χ4v) is 2.26. The summed E-state index contributed by atoms with van der Waals surface area (Å²) in [5, 5.41) is 0. The Kier molecular flexibility index (Phi) is 1.51. The van der Waals surface area contributed by atoms with Gasteiger partial charge in [0.05, 0.1) is 0 Å². The SMILES string of the molecule is Cc1ccc2c(c1)C=C1C=CC=C[C@@H]12. The van der Waals surface area contributed by atoms with Gasteiger partial charge in [-0.05, 0) is 23.6 Å². The maximum absolute atomic E-state index is 2.30. The second-order valence-electron chi connectivity index (χ2n) is 4.00. The van der Waals surface area contributed by atoms with Crippen molar-refractivity contribution in [1.82, 2.24) is 0 Å². The number of rotatable bonds is 0. The van der Waals surface area contributed by atoms with Crippen LogP contribution in [0.4, 0.5) is 0 Å². The first-order valence-corrected chi connectivity index (χ1v) is 5.01. The van der Waals surface area contributed by atoms with Gasteiger partial charge in [0.1, 0.15) is 0 Å². The monoisotopic (exact) mass is 180 g/mol. The first-order chi connectivity index (χ1) is 6.84. The normalized spacial score (nSPS) is 21.8. The van der Waals surface area contributed by atoms with Crippen LogP contribution in [0.5, 0.6) is 0 Å². The van der Waals surface area contributed by atoms with Crippen molar-refractivity contribution < 1.29 is 0 Å². The molecule has 0 bridgehead atoms. The molecule has 0 fully saturated rings. The van der Waals surface area contributed by atoms with Crippen LogP contribution >= 0.6 is 0 Å². The first kappa shape index (κ1) is 7.81. The van der Waals surface area contributed by atoms with Crippen LogP contribution in [0.25, 0.3) is 6.08 Å². The average Bonchev–Trinajstić information content (AvgIpc) is 2.54. The van der Waals surface area contributed by atoms with Crippen molar-refractivity contribution in [2.75, 3.05) is 0 Å². The molecule has 0 amide bonds. The average molecular weight is 180 g/mol. The van der Waals surface area contributed by atoms with Crippen molar-refractivity contribution in [3.63, 3.8) is 0 Å². The third-order valence-electron chi connectivity index (χ3n) is 2.96. The van der Waals surface area contributed by atoms with E-state index in [0.717, 1.165) is 0 Å². The summed E-state index contributed by atoms with van der Waals surface area (Å²) < 4.78 is 0. The molecular formula is C14H12. The molecule has 0 heteroatoms. The molecule has 0 radical (unpaired) electrons. The Bertz CT molecular complexity index is 473. The topological polar surface area (TPSA) is 0 Å². The second kappa shape index (κ2) is 2.71. The molecule has 2 aliphatic rings. The van der Waals surface area contributed by atoms with Gasteiger partial charge in [0.15, 0.2) is 0 Å². The minimum absolute atomic E-state index is 0.510. The fraction of sp³-hybridized carbons (Fsp3) is 0.143. The number of hydrogen-bond acceptors (Lipinski definition) is 0. The molecule has 0 nitrogen and oxygen atoms in total. The van der Waals surface area contributed by atoms with Crippen LogP contribution < -0.4 is 0 Å². The molecular weight excluding hydrogens is 168 g/mol. The van der Waals surface area contributed by atoms with Crippen LogP contribution in [0.2, 0.25) is 0 Å². The van der Waals surface area contributed by atoms with Crippen LogP contribution in [0, 0.1) is 6.92 Å². The fourth-order valence-electron chi connectivity index (χ4n) is 2.26. The van der Waals surface area contributed by atoms with E-state index in [4.69, 9.17) is 0 Å². The van der Waals surface area contributed by atoms with Crippen LogP contribution in [-0.4, -0.2) is 0 Å². The number of fused-ring (bicyclic) bond motifs is 3. The van der Waals surface area contributed by atoms with E-state index in [9.17, 15) is 0 Å². The zero-order chi connectivity index (χ0) is 9.54. The summed E-state index contributed by atoms with van der Waals surface area (Å²) in [4.78, 5) is 0. The lowest BCUT2D eigenvalue weighted by Crippen LogP contribution is -1.95. The zero-order valence-corrected chi connectivity index (χ0v) is 8.20. The maximum atomic E-state index is 2.30. The van der Waals surface area contributed by atoms with E-state index >= 15 is 0 Å². The van der Waals surface area contributed by atoms with Crippen molar-refractivity contribution in [1.29, 1.82) is 0 Å². The van der Waals surface area contributed by atoms with Crippen molar-refractivity contribution in [3.8, 4) is 0 Å². The van der Waals surface area contributed by atoms with E-state index in [2.05, 4.69) is 55.5 Å². The van der Waals surface area contributed by atoms with Crippen molar-refractivity contribution in [3.05, 3.63) is 64.8 Å². The molecule has 0 saturated heterocycles. The first-order valence-electron chi connectivity index (χ1n) is 5.01. The summed E-state index contributed by atoms with van der Waals surface area (Å²) >= 11 is 0. The molecule has 0 N–H and O–H groups in total. The smallest absolute Gasteiger partial charge is 0.0278 e. The van der Waals surface area contributed by atoms with Crippen LogP contribution in [0.15, 0.2) is 48.1 Å². The van der Waals surface area contributed by atoms with Crippen LogP contribution in [-0.2, 0) is 0 Å². The minimum atomic E-state index is 0.510. The van der Waals surface area contributed by atoms with E-state index in [1.54, 1.807) is 0 Å². The van der Waals surface area contributed by atoms with Gasteiger partial charge >= 0.3 is 0 Å². The van der Waals surface area contributed by atoms with E-state index in [1.165, 1.54) is 22.3 Å². The Balaban J connectivity index is 2.20. The predicted octanol–water partition coefficient (Wildman–Crippen LogP) is 3.60. The molecule has 0 saturated carbocycles. The predicted molar refractivity (Wildman–Crippen MR) is 60.2 cm³/mol. The molecule has 0 spiro atoms. The van der Waals surface area contributed by atoms with Gasteiger partial charge in [-0.3, -0.25) is 0 Å². The number of allylic oxidation sites excluding steroid dienone is 5. The molecule has 3 rings (SSSR count). The highest BCUT2D eigenvalue weighted by molar-refractivity contribution is 5.72. The van der Waals surface area contributed by atoms with E-state index in [0.29, 0.717) is 5.92 Å². The lowest BCUT2D eigenvalue weighted by molar-refractivity contribution is 1.05. The molecule has 1 atom stereocenters. The van der Waals surface area contributed by atoms with Crippen molar-refractivity contribution in [2.24, 2.45) is 0 Å². The lowest BCUT2D eigenvalue weighted by Gasteiger charge is -2.12. The van der Waals surface area contributed by atoms with Gasteiger partial charge in [0.25, 0.3) is 0 Å². The van der Waals surface area contributed by atoms with Gasteiger partial charge in [-0.15, -0.1) is 0 Å². The van der Waals surface area contributed by atoms with Gasteiger partial charge in [0, 0.05) is 5.92 Å². The number of hydrogen-bond donors (Lipinski definition) is 0. The second-order valence-corrected chi connectivity index (χ2v) is 4.00. The largest absolute Gasteiger partial charge is 0.0726 e. The Morgan fingerprint density at radius 1 is 1.14 bits per heavy atom. The van der Waals surface area contributed by atoms with Gasteiger partial charge in [-0.2, -0.15) is 0 Å². The third-order valence-corrected chi connectivity index (χ3v) is 2.96. The van der Waals surface area contributed by atoms with Gasteiger partial charge < -0.3 is 0 Å². The summed E-state index contributed by atoms with van der Waals surface area (Å²) in [6.07, 6.45) is 11.0. The quantitative estimate of drug-likeness (QED) is 0.572. The molecule has 0 unspecified atom stereocenters. The molecule has 14 heavy (non-hydrogen) atoms. The highest BCUT2D eigenvalue weighted by Crippen LogP contribution is 2.39. The van der Waals surface area contributed by atoms with E-state index < -0.39 is 0 Å². The Morgan fingerprint density at radius 3 is 3.00 bits per heavy atom. The summed E-state index contributed by atoms with van der Waals surface area (Å²) in [7, 11) is 0. The Hall–Kier alpha value is -1.56. The lowest BCUT2D eigenvalue weighted by atomic mass is 9.92. The molecule has 1 aromatic rings. The third kappa shape index (κ3) is 1.00. The highest BCUT2D eigenvalue weighted by atomic mass is 14.3. The van der Waals surface area contributed by atoms with Crippen molar-refractivity contribution >= 4 is 6.08 Å². The molecule has 68 valence electrons. The number of benzene rings is 1. The maximum Gasteiger partial charge on any atom is 0.0278 e. The molecule has 0 aliphatic heterocycles. The molecule has 0 aromatic heterocycles. The van der Waals surface area contributed by atoms with Crippen LogP contribution in [0.3, 0.4) is 0 Å². The van der Waals surface area contributed by atoms with Crippen LogP contribution in [0.1, 0.15) is 22.6 Å². The highest BCUT2D eigenvalue weighted by Gasteiger charge is 2.21. The standard InChI is InChI=1S/C14H12/c1-10-6-7-14-12(8-10)9-11-4-2-3-5-13(11)14/h2-9,13H,1H3/t13-/m0/s1. The van der Waals surface area contributed by atoms with Gasteiger partial charge in [-0.25, -0.2) is 0 Å². The summed E-state index contributed by atoms with van der Waals surface area (Å²) in [6.45, 7) is 2.15. The Labute approximate surface area is 84.3 Å². The van der Waals surface area contributed by atoms with E-state index in [1.807, 2.05) is 0 Å². The van der Waals surface area contributed by atoms with Gasteiger partial charge in [-0.1, -0.05) is 54.1 Å². The zero-order valence-electron chi connectivity index (χ0n) is 8.20. The molecule has 1 aromatic carbocycles. The number of aryl methyl sites for hydroxylation is 1. The molecule has 0 heterocycles. The molecule has 2 aliphatic carbocycles. The Morgan fingerprint density at radius 2 is 2.07 bits per heavy atom. The minimum Gasteiger partial charge on any atom is -0.0726 e. The summed E-state index contributed by atoms with van der Waals surface area (Å²) in [5.41, 5.74) is 5.60. The summed E-state index contributed by atoms with van der Waals surface area (Å²) in [5.74, 6) is 0.510. The van der Waals surface area contributed by atoms with Crippen molar-refractivity contribution in [2.45, 2.75) is 12.8 Å². The van der Waals surface area contributed by atoms with E-state index in [-0.39, 0.29) is 0 Å². The van der Waals surface area contributed by atoms with Gasteiger partial charge in [0.2, 0.25) is 0 Å².